The van der Waals surface area contributed by atoms with E-state index in [0.717, 1.165) is 12.8 Å². The van der Waals surface area contributed by atoms with Gasteiger partial charge in [0.25, 0.3) is 0 Å². The fourth-order valence-corrected chi connectivity index (χ4v) is 2.90. The van der Waals surface area contributed by atoms with Crippen molar-refractivity contribution in [2.75, 3.05) is 5.32 Å². The van der Waals surface area contributed by atoms with Gasteiger partial charge in [0.1, 0.15) is 0 Å². The molecular weight excluding hydrogens is 301 g/mol. The summed E-state index contributed by atoms with van der Waals surface area (Å²) in [6.45, 7) is 0. The number of rotatable bonds is 3. The van der Waals surface area contributed by atoms with E-state index >= 15 is 0 Å². The highest BCUT2D eigenvalue weighted by Crippen LogP contribution is 2.33. The van der Waals surface area contributed by atoms with Crippen molar-refractivity contribution in [3.63, 3.8) is 0 Å². The molecule has 0 aliphatic heterocycles. The fraction of sp³-hybridized carbons (Fsp3) is 0.429. The van der Waals surface area contributed by atoms with E-state index in [4.69, 9.17) is 23.2 Å². The van der Waals surface area contributed by atoms with Gasteiger partial charge in [0.05, 0.1) is 15.7 Å². The topological polar surface area (TPSA) is 69.2 Å². The van der Waals surface area contributed by atoms with Crippen molar-refractivity contribution < 1.29 is 14.7 Å². The molecule has 1 amide bonds. The quantitative estimate of drug-likeness (QED) is 0.931. The molecular formula is C14H14Cl2NO3-. The van der Waals surface area contributed by atoms with Crippen LogP contribution in [0.3, 0.4) is 0 Å². The lowest BCUT2D eigenvalue weighted by atomic mass is 9.78. The third-order valence-corrected chi connectivity index (χ3v) is 4.43. The predicted molar refractivity (Wildman–Crippen MR) is 75.5 cm³/mol. The smallest absolute Gasteiger partial charge is 0.228 e. The van der Waals surface area contributed by atoms with Gasteiger partial charge >= 0.3 is 0 Å². The molecule has 2 atom stereocenters. The molecule has 1 aliphatic rings. The number of carboxylic acid groups (broad SMARTS) is 1. The largest absolute Gasteiger partial charge is 0.550 e. The fourth-order valence-electron chi connectivity index (χ4n) is 2.55. The number of carbonyl (C=O) groups is 2. The first-order valence-corrected chi connectivity index (χ1v) is 7.22. The highest BCUT2D eigenvalue weighted by Gasteiger charge is 2.32. The lowest BCUT2D eigenvalue weighted by Crippen LogP contribution is -2.42. The van der Waals surface area contributed by atoms with Crippen LogP contribution in [0.15, 0.2) is 18.2 Å². The molecule has 1 fully saturated rings. The van der Waals surface area contributed by atoms with E-state index in [-0.39, 0.29) is 10.9 Å². The van der Waals surface area contributed by atoms with E-state index in [0.29, 0.717) is 23.6 Å². The van der Waals surface area contributed by atoms with Crippen LogP contribution in [0.25, 0.3) is 0 Å². The van der Waals surface area contributed by atoms with Crippen LogP contribution in [0.4, 0.5) is 5.69 Å². The average molecular weight is 315 g/mol. The summed E-state index contributed by atoms with van der Waals surface area (Å²) in [6, 6.07) is 4.91. The van der Waals surface area contributed by atoms with Gasteiger partial charge in [-0.3, -0.25) is 4.79 Å². The Hall–Kier alpha value is -1.26. The lowest BCUT2D eigenvalue weighted by Gasteiger charge is -2.31. The third kappa shape index (κ3) is 3.25. The minimum atomic E-state index is -1.16. The zero-order valence-electron chi connectivity index (χ0n) is 10.7. The Morgan fingerprint density at radius 1 is 1.15 bits per heavy atom. The van der Waals surface area contributed by atoms with E-state index in [1.54, 1.807) is 18.2 Å². The number of aliphatic carboxylic acids is 1. The van der Waals surface area contributed by atoms with Gasteiger partial charge in [0.2, 0.25) is 5.91 Å². The minimum absolute atomic E-state index is 0.253. The van der Waals surface area contributed by atoms with Crippen molar-refractivity contribution in [1.82, 2.24) is 0 Å². The van der Waals surface area contributed by atoms with E-state index in [2.05, 4.69) is 5.32 Å². The standard InChI is InChI=1S/C14H15Cl2NO3/c15-10-6-3-7-11(12(10)16)17-13(18)8-4-1-2-5-9(8)14(19)20/h3,6-9H,1-2,4-5H2,(H,17,18)(H,19,20)/p-1. The maximum absolute atomic E-state index is 12.2. The molecule has 2 rings (SSSR count). The molecule has 0 heterocycles. The number of amides is 1. The van der Waals surface area contributed by atoms with E-state index in [1.807, 2.05) is 0 Å². The molecule has 2 unspecified atom stereocenters. The Morgan fingerprint density at radius 2 is 1.80 bits per heavy atom. The van der Waals surface area contributed by atoms with E-state index in [1.165, 1.54) is 0 Å². The van der Waals surface area contributed by atoms with Gasteiger partial charge in [-0.05, 0) is 25.0 Å². The molecule has 1 N–H and O–H groups in total. The summed E-state index contributed by atoms with van der Waals surface area (Å²) in [5, 5.41) is 14.4. The Labute approximate surface area is 127 Å². The Balaban J connectivity index is 2.14. The zero-order chi connectivity index (χ0) is 14.7. The molecule has 108 valence electrons. The molecule has 1 saturated carbocycles. The van der Waals surface area contributed by atoms with Crippen LogP contribution < -0.4 is 10.4 Å². The number of anilines is 1. The van der Waals surface area contributed by atoms with Gasteiger partial charge in [-0.2, -0.15) is 0 Å². The molecule has 0 saturated heterocycles. The molecule has 4 nitrogen and oxygen atoms in total. The number of hydrogen-bond donors (Lipinski definition) is 1. The first-order valence-electron chi connectivity index (χ1n) is 6.46. The van der Waals surface area contributed by atoms with Crippen LogP contribution in [-0.4, -0.2) is 11.9 Å². The summed E-state index contributed by atoms with van der Waals surface area (Å²) >= 11 is 11.9. The summed E-state index contributed by atoms with van der Waals surface area (Å²) < 4.78 is 0. The number of hydrogen-bond acceptors (Lipinski definition) is 3. The lowest BCUT2D eigenvalue weighted by molar-refractivity contribution is -0.313. The molecule has 20 heavy (non-hydrogen) atoms. The first kappa shape index (κ1) is 15.1. The second kappa shape index (κ2) is 6.46. The van der Waals surface area contributed by atoms with Crippen LogP contribution in [0.5, 0.6) is 0 Å². The Kier molecular flexibility index (Phi) is 4.89. The van der Waals surface area contributed by atoms with E-state index in [9.17, 15) is 14.7 Å². The minimum Gasteiger partial charge on any atom is -0.550 e. The summed E-state index contributed by atoms with van der Waals surface area (Å²) in [7, 11) is 0. The molecule has 0 bridgehead atoms. The summed E-state index contributed by atoms with van der Waals surface area (Å²) in [5.41, 5.74) is 0.395. The SMILES string of the molecule is O=C([O-])C1CCCCC1C(=O)Nc1cccc(Cl)c1Cl. The van der Waals surface area contributed by atoms with Gasteiger partial charge < -0.3 is 15.2 Å². The molecule has 6 heteroatoms. The highest BCUT2D eigenvalue weighted by atomic mass is 35.5. The summed E-state index contributed by atoms with van der Waals surface area (Å²) in [4.78, 5) is 23.3. The van der Waals surface area contributed by atoms with Crippen molar-refractivity contribution >= 4 is 40.8 Å². The monoisotopic (exact) mass is 314 g/mol. The molecule has 1 aliphatic carbocycles. The van der Waals surface area contributed by atoms with Crippen molar-refractivity contribution in [3.8, 4) is 0 Å². The third-order valence-electron chi connectivity index (χ3n) is 3.61. The van der Waals surface area contributed by atoms with Gasteiger partial charge in [-0.15, -0.1) is 0 Å². The molecule has 0 radical (unpaired) electrons. The average Bonchev–Trinajstić information content (AvgIpc) is 2.43. The second-order valence-electron chi connectivity index (χ2n) is 4.91. The summed E-state index contributed by atoms with van der Waals surface area (Å²) in [5.74, 6) is -2.82. The van der Waals surface area contributed by atoms with Crippen molar-refractivity contribution in [2.24, 2.45) is 11.8 Å². The van der Waals surface area contributed by atoms with Gasteiger partial charge in [0, 0.05) is 17.8 Å². The molecule has 1 aromatic carbocycles. The maximum Gasteiger partial charge on any atom is 0.228 e. The number of carboxylic acids is 1. The van der Waals surface area contributed by atoms with Crippen LogP contribution in [-0.2, 0) is 9.59 Å². The van der Waals surface area contributed by atoms with Gasteiger partial charge in [0.15, 0.2) is 0 Å². The van der Waals surface area contributed by atoms with Gasteiger partial charge in [-0.1, -0.05) is 42.1 Å². The number of halogens is 2. The maximum atomic E-state index is 12.2. The predicted octanol–water partition coefficient (Wildman–Crippen LogP) is 2.49. The molecule has 0 spiro atoms. The van der Waals surface area contributed by atoms with Crippen molar-refractivity contribution in [2.45, 2.75) is 25.7 Å². The van der Waals surface area contributed by atoms with Crippen LogP contribution in [0, 0.1) is 11.8 Å². The van der Waals surface area contributed by atoms with Crippen LogP contribution in [0.1, 0.15) is 25.7 Å². The normalized spacial score (nSPS) is 22.3. The molecule has 1 aromatic rings. The van der Waals surface area contributed by atoms with Crippen LogP contribution in [0.2, 0.25) is 10.0 Å². The van der Waals surface area contributed by atoms with E-state index < -0.39 is 17.8 Å². The van der Waals surface area contributed by atoms with Crippen molar-refractivity contribution in [1.29, 1.82) is 0 Å². The van der Waals surface area contributed by atoms with Gasteiger partial charge in [-0.25, -0.2) is 0 Å². The first-order chi connectivity index (χ1) is 9.50. The number of benzene rings is 1. The van der Waals surface area contributed by atoms with Crippen LogP contribution >= 0.6 is 23.2 Å². The molecule has 0 aromatic heterocycles. The second-order valence-corrected chi connectivity index (χ2v) is 5.69. The summed E-state index contributed by atoms with van der Waals surface area (Å²) in [6.07, 6.45) is 2.66. The Bertz CT molecular complexity index is 533. The van der Waals surface area contributed by atoms with Crippen molar-refractivity contribution in [3.05, 3.63) is 28.2 Å². The number of carbonyl (C=O) groups excluding carboxylic acids is 2. The Morgan fingerprint density at radius 3 is 2.45 bits per heavy atom. The number of nitrogens with one attached hydrogen (secondary N) is 1. The highest BCUT2D eigenvalue weighted by molar-refractivity contribution is 6.44. The zero-order valence-corrected chi connectivity index (χ0v) is 12.2.